The van der Waals surface area contributed by atoms with Crippen molar-refractivity contribution in [1.29, 1.82) is 0 Å². The molecular formula is C19H23ClF3N3O4. The topological polar surface area (TPSA) is 80.2 Å². The van der Waals surface area contributed by atoms with Gasteiger partial charge in [-0.05, 0) is 44.9 Å². The number of piperidine rings is 1. The Kier molecular flexibility index (Phi) is 8.33. The summed E-state index contributed by atoms with van der Waals surface area (Å²) in [6, 6.07) is 2.75. The van der Waals surface area contributed by atoms with Gasteiger partial charge in [-0.2, -0.15) is 13.2 Å². The summed E-state index contributed by atoms with van der Waals surface area (Å²) in [5.41, 5.74) is 1.43. The molecule has 0 radical (unpaired) electrons. The zero-order chi connectivity index (χ0) is 22.3. The molecule has 1 aromatic carbocycles. The summed E-state index contributed by atoms with van der Waals surface area (Å²) in [6.07, 6.45) is -3.66. The van der Waals surface area contributed by atoms with Gasteiger partial charge in [0.25, 0.3) is 0 Å². The highest BCUT2D eigenvalue weighted by Gasteiger charge is 2.32. The second kappa shape index (κ2) is 10.5. The Morgan fingerprint density at radius 3 is 2.40 bits per heavy atom. The van der Waals surface area contributed by atoms with E-state index < -0.39 is 17.7 Å². The molecule has 30 heavy (non-hydrogen) atoms. The van der Waals surface area contributed by atoms with E-state index in [-0.39, 0.29) is 41.6 Å². The number of hydrazone groups is 1. The van der Waals surface area contributed by atoms with Crippen molar-refractivity contribution in [3.05, 3.63) is 28.8 Å². The van der Waals surface area contributed by atoms with Crippen LogP contribution in [-0.2, 0) is 25.2 Å². The number of benzene rings is 1. The molecule has 0 amide bonds. The van der Waals surface area contributed by atoms with Gasteiger partial charge in [0.15, 0.2) is 0 Å². The Morgan fingerprint density at radius 2 is 1.83 bits per heavy atom. The highest BCUT2D eigenvalue weighted by atomic mass is 35.5. The smallest absolute Gasteiger partial charge is 0.416 e. The monoisotopic (exact) mass is 449 g/mol. The Morgan fingerprint density at radius 1 is 1.20 bits per heavy atom. The molecule has 1 aliphatic heterocycles. The molecule has 7 nitrogen and oxygen atoms in total. The van der Waals surface area contributed by atoms with Crippen molar-refractivity contribution >= 4 is 35.1 Å². The molecule has 166 valence electrons. The summed E-state index contributed by atoms with van der Waals surface area (Å²) in [5, 5.41) is 3.99. The summed E-state index contributed by atoms with van der Waals surface area (Å²) < 4.78 is 48.9. The second-order valence-corrected chi connectivity index (χ2v) is 6.88. The Bertz CT molecular complexity index is 794. The summed E-state index contributed by atoms with van der Waals surface area (Å²) >= 11 is 5.96. The average Bonchev–Trinajstić information content (AvgIpc) is 2.69. The van der Waals surface area contributed by atoms with Crippen molar-refractivity contribution in [2.45, 2.75) is 32.9 Å². The molecule has 0 unspecified atom stereocenters. The van der Waals surface area contributed by atoms with E-state index in [0.717, 1.165) is 18.2 Å². The number of alkyl halides is 3. The lowest BCUT2D eigenvalue weighted by Crippen LogP contribution is -2.44. The van der Waals surface area contributed by atoms with Crippen molar-refractivity contribution < 1.29 is 32.2 Å². The molecule has 1 N–H and O–H groups in total. The lowest BCUT2D eigenvalue weighted by molar-refractivity contribution is -0.149. The molecule has 0 saturated carbocycles. The van der Waals surface area contributed by atoms with Crippen molar-refractivity contribution in [1.82, 2.24) is 4.90 Å². The maximum atomic E-state index is 12.9. The van der Waals surface area contributed by atoms with E-state index in [1.165, 1.54) is 0 Å². The average molecular weight is 450 g/mol. The number of halogens is 4. The number of hydrogen-bond donors (Lipinski definition) is 1. The number of esters is 2. The maximum absolute atomic E-state index is 12.9. The number of carbonyl (C=O) groups excluding carboxylic acids is 2. The molecule has 0 aromatic heterocycles. The van der Waals surface area contributed by atoms with Crippen molar-refractivity contribution in [2.75, 3.05) is 31.7 Å². The quantitative estimate of drug-likeness (QED) is 0.317. The molecule has 1 saturated heterocycles. The molecule has 1 aliphatic rings. The Balaban J connectivity index is 2.19. The zero-order valence-electron chi connectivity index (χ0n) is 16.6. The maximum Gasteiger partial charge on any atom is 0.416 e. The van der Waals surface area contributed by atoms with Crippen molar-refractivity contribution in [3.63, 3.8) is 0 Å². The van der Waals surface area contributed by atoms with E-state index >= 15 is 0 Å². The van der Waals surface area contributed by atoms with Gasteiger partial charge < -0.3 is 14.4 Å². The van der Waals surface area contributed by atoms with Gasteiger partial charge in [-0.25, -0.2) is 4.79 Å². The lowest BCUT2D eigenvalue weighted by atomic mass is 9.97. The van der Waals surface area contributed by atoms with Gasteiger partial charge in [-0.3, -0.25) is 10.2 Å². The molecule has 0 atom stereocenters. The summed E-state index contributed by atoms with van der Waals surface area (Å²) in [7, 11) is 0. The van der Waals surface area contributed by atoms with Gasteiger partial charge in [0.05, 0.1) is 35.4 Å². The number of rotatable bonds is 5. The largest absolute Gasteiger partial charge is 0.466 e. The van der Waals surface area contributed by atoms with Crippen LogP contribution in [0.15, 0.2) is 23.3 Å². The number of carbonyl (C=O) groups is 2. The predicted molar refractivity (Wildman–Crippen MR) is 105 cm³/mol. The molecule has 11 heteroatoms. The zero-order valence-corrected chi connectivity index (χ0v) is 17.3. The van der Waals surface area contributed by atoms with E-state index in [4.69, 9.17) is 21.1 Å². The fraction of sp³-hybridized carbons (Fsp3) is 0.526. The molecule has 2 rings (SSSR count). The molecule has 0 bridgehead atoms. The minimum Gasteiger partial charge on any atom is -0.466 e. The Hall–Kier alpha value is -2.49. The first-order chi connectivity index (χ1) is 14.2. The van der Waals surface area contributed by atoms with Crippen LogP contribution in [0.1, 0.15) is 32.3 Å². The van der Waals surface area contributed by atoms with E-state index in [9.17, 15) is 22.8 Å². The van der Waals surface area contributed by atoms with Crippen LogP contribution in [0.25, 0.3) is 0 Å². The van der Waals surface area contributed by atoms with Gasteiger partial charge >= 0.3 is 18.1 Å². The number of ether oxygens (including phenoxy) is 2. The number of hydrogen-bond acceptors (Lipinski definition) is 6. The molecule has 1 fully saturated rings. The van der Waals surface area contributed by atoms with Crippen LogP contribution in [0.2, 0.25) is 5.02 Å². The van der Waals surface area contributed by atoms with E-state index in [2.05, 4.69) is 10.5 Å². The number of anilines is 1. The molecular weight excluding hydrogens is 427 g/mol. The SMILES string of the molecule is CCOC(=O)/C(=N\Nc1cc(C(F)(F)F)ccc1Cl)N1CCC(C(=O)OCC)CC1. The third kappa shape index (κ3) is 6.25. The Labute approximate surface area is 177 Å². The summed E-state index contributed by atoms with van der Waals surface area (Å²) in [5.74, 6) is -1.41. The number of nitrogens with zero attached hydrogens (tertiary/aromatic N) is 2. The van der Waals surface area contributed by atoms with Gasteiger partial charge in [-0.15, -0.1) is 5.10 Å². The van der Waals surface area contributed by atoms with Crippen molar-refractivity contribution in [2.24, 2.45) is 11.0 Å². The third-order valence-corrected chi connectivity index (χ3v) is 4.78. The number of likely N-dealkylation sites (tertiary alicyclic amines) is 1. The highest BCUT2D eigenvalue weighted by molar-refractivity contribution is 6.35. The van der Waals surface area contributed by atoms with Crippen molar-refractivity contribution in [3.8, 4) is 0 Å². The van der Waals surface area contributed by atoms with Crippen LogP contribution in [0.3, 0.4) is 0 Å². The lowest BCUT2D eigenvalue weighted by Gasteiger charge is -2.32. The standard InChI is InChI=1S/C19H23ClF3N3O4/c1-3-29-17(27)12-7-9-26(10-8-12)16(18(28)30-4-2)25-24-15-11-13(19(21,22)23)5-6-14(15)20/h5-6,11-12,24H,3-4,7-10H2,1-2H3/b25-16+. The second-order valence-electron chi connectivity index (χ2n) is 6.47. The minimum atomic E-state index is -4.55. The van der Waals surface area contributed by atoms with E-state index in [0.29, 0.717) is 25.9 Å². The van der Waals surface area contributed by atoms with Gasteiger partial charge in [0, 0.05) is 13.1 Å². The fourth-order valence-corrected chi connectivity index (χ4v) is 3.09. The first kappa shape index (κ1) is 23.8. The van der Waals surface area contributed by atoms with Gasteiger partial charge in [0.1, 0.15) is 0 Å². The van der Waals surface area contributed by atoms with Crippen LogP contribution >= 0.6 is 11.6 Å². The van der Waals surface area contributed by atoms with Crippen LogP contribution in [0.4, 0.5) is 18.9 Å². The summed E-state index contributed by atoms with van der Waals surface area (Å²) in [6.45, 7) is 4.40. The van der Waals surface area contributed by atoms with Gasteiger partial charge in [0.2, 0.25) is 5.84 Å². The van der Waals surface area contributed by atoms with Crippen LogP contribution in [-0.4, -0.2) is 49.0 Å². The molecule has 0 aliphatic carbocycles. The predicted octanol–water partition coefficient (Wildman–Crippen LogP) is 3.92. The molecule has 1 heterocycles. The van der Waals surface area contributed by atoms with Crippen LogP contribution in [0.5, 0.6) is 0 Å². The number of nitrogens with one attached hydrogen (secondary N) is 1. The first-order valence-corrected chi connectivity index (χ1v) is 9.84. The summed E-state index contributed by atoms with van der Waals surface area (Å²) in [4.78, 5) is 25.9. The van der Waals surface area contributed by atoms with Crippen LogP contribution in [0, 0.1) is 5.92 Å². The number of amidine groups is 1. The normalized spacial score (nSPS) is 15.7. The van der Waals surface area contributed by atoms with Crippen LogP contribution < -0.4 is 5.43 Å². The first-order valence-electron chi connectivity index (χ1n) is 9.46. The van der Waals surface area contributed by atoms with Gasteiger partial charge in [-0.1, -0.05) is 11.6 Å². The highest BCUT2D eigenvalue weighted by Crippen LogP contribution is 2.33. The third-order valence-electron chi connectivity index (χ3n) is 4.45. The van der Waals surface area contributed by atoms with E-state index in [1.807, 2.05) is 0 Å². The minimum absolute atomic E-state index is 0.0102. The molecule has 1 aromatic rings. The fourth-order valence-electron chi connectivity index (χ4n) is 2.93. The van der Waals surface area contributed by atoms with E-state index in [1.54, 1.807) is 18.7 Å². The molecule has 0 spiro atoms.